The first kappa shape index (κ1) is 23.9. The van der Waals surface area contributed by atoms with Gasteiger partial charge in [-0.05, 0) is 70.1 Å². The van der Waals surface area contributed by atoms with Gasteiger partial charge in [0.2, 0.25) is 0 Å². The molecule has 2 aliphatic rings. The van der Waals surface area contributed by atoms with Crippen LogP contribution in [0.1, 0.15) is 56.9 Å². The molecule has 3 rings (SSSR count). The van der Waals surface area contributed by atoms with E-state index in [0.717, 1.165) is 19.0 Å². The van der Waals surface area contributed by atoms with Gasteiger partial charge >= 0.3 is 0 Å². The van der Waals surface area contributed by atoms with Crippen LogP contribution < -0.4 is 10.6 Å². The third-order valence-electron chi connectivity index (χ3n) is 5.69. The van der Waals surface area contributed by atoms with E-state index < -0.39 is 0 Å². The van der Waals surface area contributed by atoms with Crippen molar-refractivity contribution in [2.45, 2.75) is 58.0 Å². The van der Waals surface area contributed by atoms with Crippen LogP contribution in [0.2, 0.25) is 0 Å². The Hall–Kier alpha value is -0.380. The van der Waals surface area contributed by atoms with Crippen molar-refractivity contribution < 1.29 is 0 Å². The minimum atomic E-state index is 0. The fourth-order valence-electron chi connectivity index (χ4n) is 4.23. The molecule has 1 aromatic rings. The van der Waals surface area contributed by atoms with Gasteiger partial charge in [-0.1, -0.05) is 13.0 Å². The molecule has 1 atom stereocenters. The van der Waals surface area contributed by atoms with Crippen LogP contribution in [-0.2, 0) is 0 Å². The predicted molar refractivity (Wildman–Crippen MR) is 132 cm³/mol. The highest BCUT2D eigenvalue weighted by Gasteiger charge is 2.24. The number of thiophene rings is 1. The van der Waals surface area contributed by atoms with Crippen molar-refractivity contribution in [1.82, 2.24) is 20.4 Å². The highest BCUT2D eigenvalue weighted by molar-refractivity contribution is 14.0. The van der Waals surface area contributed by atoms with Gasteiger partial charge in [0, 0.05) is 30.6 Å². The van der Waals surface area contributed by atoms with Crippen LogP contribution in [0, 0.1) is 0 Å². The lowest BCUT2D eigenvalue weighted by Gasteiger charge is -2.33. The van der Waals surface area contributed by atoms with Gasteiger partial charge in [-0.15, -0.1) is 35.3 Å². The number of nitrogens with zero attached hydrogens (tertiary/aromatic N) is 3. The molecule has 1 unspecified atom stereocenters. The second kappa shape index (κ2) is 13.0. The van der Waals surface area contributed by atoms with E-state index in [1.807, 2.05) is 11.3 Å². The molecule has 2 N–H and O–H groups in total. The average molecular weight is 520 g/mol. The van der Waals surface area contributed by atoms with Crippen LogP contribution in [0.5, 0.6) is 0 Å². The number of hydrogen-bond donors (Lipinski definition) is 2. The van der Waals surface area contributed by atoms with Gasteiger partial charge in [0.15, 0.2) is 5.96 Å². The summed E-state index contributed by atoms with van der Waals surface area (Å²) >= 11 is 1.87. The molecule has 0 spiro atoms. The van der Waals surface area contributed by atoms with Crippen molar-refractivity contribution in [3.63, 3.8) is 0 Å². The number of guanidine groups is 1. The van der Waals surface area contributed by atoms with Gasteiger partial charge in [0.05, 0.1) is 12.6 Å². The highest BCUT2D eigenvalue weighted by Crippen LogP contribution is 2.28. The molecule has 0 bridgehead atoms. The second-order valence-electron chi connectivity index (χ2n) is 7.75. The van der Waals surface area contributed by atoms with E-state index in [2.05, 4.69) is 51.8 Å². The van der Waals surface area contributed by atoms with Crippen LogP contribution in [0.25, 0.3) is 0 Å². The first-order valence-corrected chi connectivity index (χ1v) is 11.7. The Labute approximate surface area is 192 Å². The summed E-state index contributed by atoms with van der Waals surface area (Å²) in [7, 11) is 0. The fourth-order valence-corrected chi connectivity index (χ4v) is 5.08. The van der Waals surface area contributed by atoms with E-state index >= 15 is 0 Å². The highest BCUT2D eigenvalue weighted by atomic mass is 127. The molecule has 5 nitrogen and oxygen atoms in total. The van der Waals surface area contributed by atoms with E-state index in [1.54, 1.807) is 0 Å². The number of hydrogen-bond acceptors (Lipinski definition) is 4. The fraction of sp³-hybridized carbons (Fsp3) is 0.762. The van der Waals surface area contributed by atoms with Crippen LogP contribution in [-0.4, -0.2) is 67.6 Å². The molecule has 2 fully saturated rings. The van der Waals surface area contributed by atoms with Gasteiger partial charge in [-0.3, -0.25) is 9.89 Å². The third kappa shape index (κ3) is 7.15. The molecule has 0 aromatic carbocycles. The zero-order valence-electron chi connectivity index (χ0n) is 17.5. The van der Waals surface area contributed by atoms with Gasteiger partial charge in [-0.2, -0.15) is 0 Å². The van der Waals surface area contributed by atoms with Crippen molar-refractivity contribution in [3.8, 4) is 0 Å². The molecule has 0 radical (unpaired) electrons. The Kier molecular flexibility index (Phi) is 11.1. The molecule has 7 heteroatoms. The number of rotatable bonds is 8. The minimum Gasteiger partial charge on any atom is -0.357 e. The molecule has 3 heterocycles. The molecular weight excluding hydrogens is 481 g/mol. The lowest BCUT2D eigenvalue weighted by Crippen LogP contribution is -2.49. The lowest BCUT2D eigenvalue weighted by molar-refractivity contribution is 0.206. The van der Waals surface area contributed by atoms with Gasteiger partial charge in [0.1, 0.15) is 0 Å². The Morgan fingerprint density at radius 2 is 1.96 bits per heavy atom. The smallest absolute Gasteiger partial charge is 0.191 e. The minimum absolute atomic E-state index is 0. The third-order valence-corrected chi connectivity index (χ3v) is 6.66. The normalized spacial score (nSPS) is 20.7. The number of nitrogens with one attached hydrogen (secondary N) is 2. The predicted octanol–water partition coefficient (Wildman–Crippen LogP) is 3.93. The Morgan fingerprint density at radius 3 is 2.57 bits per heavy atom. The maximum Gasteiger partial charge on any atom is 0.191 e. The zero-order chi connectivity index (χ0) is 18.9. The van der Waals surface area contributed by atoms with E-state index in [1.165, 1.54) is 69.7 Å². The average Bonchev–Trinajstić information content (AvgIpc) is 3.38. The monoisotopic (exact) mass is 519 g/mol. The van der Waals surface area contributed by atoms with Crippen LogP contribution in [0.4, 0.5) is 0 Å². The summed E-state index contributed by atoms with van der Waals surface area (Å²) < 4.78 is 0. The van der Waals surface area contributed by atoms with Crippen molar-refractivity contribution in [1.29, 1.82) is 0 Å². The van der Waals surface area contributed by atoms with E-state index in [0.29, 0.717) is 12.1 Å². The SMILES string of the molecule is CCCN1CCC(NC(=NCC(c2cccs2)N2CCCC2)NCC)CC1.I. The van der Waals surface area contributed by atoms with E-state index in [-0.39, 0.29) is 24.0 Å². The molecule has 0 saturated carbocycles. The second-order valence-corrected chi connectivity index (χ2v) is 8.73. The molecule has 28 heavy (non-hydrogen) atoms. The summed E-state index contributed by atoms with van der Waals surface area (Å²) in [6.07, 6.45) is 6.32. The van der Waals surface area contributed by atoms with Gasteiger partial charge in [0.25, 0.3) is 0 Å². The summed E-state index contributed by atoms with van der Waals surface area (Å²) in [6, 6.07) is 5.41. The number of halogens is 1. The molecule has 0 aliphatic carbocycles. The van der Waals surface area contributed by atoms with Crippen molar-refractivity contribution in [2.75, 3.05) is 45.8 Å². The largest absolute Gasteiger partial charge is 0.357 e. The molecule has 1 aromatic heterocycles. The Bertz CT molecular complexity index is 551. The quantitative estimate of drug-likeness (QED) is 0.310. The molecule has 2 aliphatic heterocycles. The van der Waals surface area contributed by atoms with Crippen molar-refractivity contribution in [3.05, 3.63) is 22.4 Å². The molecule has 2 saturated heterocycles. The summed E-state index contributed by atoms with van der Waals surface area (Å²) in [5.74, 6) is 0.993. The number of likely N-dealkylation sites (tertiary alicyclic amines) is 2. The number of aliphatic imine (C=N–C) groups is 1. The molecular formula is C21H38IN5S. The van der Waals surface area contributed by atoms with E-state index in [4.69, 9.17) is 4.99 Å². The van der Waals surface area contributed by atoms with Crippen LogP contribution in [0.3, 0.4) is 0 Å². The topological polar surface area (TPSA) is 42.9 Å². The van der Waals surface area contributed by atoms with Gasteiger partial charge < -0.3 is 15.5 Å². The maximum absolute atomic E-state index is 5.01. The summed E-state index contributed by atoms with van der Waals surface area (Å²) in [5.41, 5.74) is 0. The number of piperidine rings is 1. The lowest BCUT2D eigenvalue weighted by atomic mass is 10.1. The Balaban J connectivity index is 0.00000280. The molecule has 0 amide bonds. The standard InChI is InChI=1S/C21H37N5S.HI/c1-3-11-25-14-9-18(10-15-25)24-21(22-4-2)23-17-19(20-8-7-16-27-20)26-12-5-6-13-26;/h7-8,16,18-19H,3-6,9-15,17H2,1-2H3,(H2,22,23,24);1H. The van der Waals surface area contributed by atoms with E-state index in [9.17, 15) is 0 Å². The first-order valence-electron chi connectivity index (χ1n) is 10.8. The Morgan fingerprint density at radius 1 is 1.21 bits per heavy atom. The van der Waals surface area contributed by atoms with Crippen molar-refractivity contribution >= 4 is 41.3 Å². The van der Waals surface area contributed by atoms with Crippen LogP contribution >= 0.6 is 35.3 Å². The summed E-state index contributed by atoms with van der Waals surface area (Å²) in [6.45, 7) is 12.2. The maximum atomic E-state index is 5.01. The summed E-state index contributed by atoms with van der Waals surface area (Å²) in [4.78, 5) is 11.7. The van der Waals surface area contributed by atoms with Crippen LogP contribution in [0.15, 0.2) is 22.5 Å². The van der Waals surface area contributed by atoms with Gasteiger partial charge in [-0.25, -0.2) is 0 Å². The van der Waals surface area contributed by atoms with Crippen molar-refractivity contribution in [2.24, 2.45) is 4.99 Å². The molecule has 160 valence electrons. The zero-order valence-corrected chi connectivity index (χ0v) is 20.7. The first-order chi connectivity index (χ1) is 13.3. The summed E-state index contributed by atoms with van der Waals surface area (Å²) in [5, 5.41) is 9.37.